The van der Waals surface area contributed by atoms with E-state index < -0.39 is 0 Å². The van der Waals surface area contributed by atoms with E-state index in [0.29, 0.717) is 29.9 Å². The molecule has 0 N–H and O–H groups in total. The molecule has 0 spiro atoms. The van der Waals surface area contributed by atoms with Gasteiger partial charge in [0.15, 0.2) is 0 Å². The summed E-state index contributed by atoms with van der Waals surface area (Å²) in [5.41, 5.74) is 0.800. The molecule has 0 bridgehead atoms. The lowest BCUT2D eigenvalue weighted by Gasteiger charge is -2.24. The minimum Gasteiger partial charge on any atom is -0.483 e. The second-order valence-corrected chi connectivity index (χ2v) is 5.09. The molecule has 0 radical (unpaired) electrons. The van der Waals surface area contributed by atoms with Crippen LogP contribution in [0.4, 0.5) is 0 Å². The topological polar surface area (TPSA) is 40.6 Å². The maximum atomic E-state index is 6.47. The third-order valence-corrected chi connectivity index (χ3v) is 3.78. The van der Waals surface area contributed by atoms with Gasteiger partial charge >= 0.3 is 0 Å². The zero-order valence-electron chi connectivity index (χ0n) is 11.3. The van der Waals surface area contributed by atoms with Gasteiger partial charge in [-0.25, -0.2) is 4.98 Å². The molecule has 1 fully saturated rings. The Morgan fingerprint density at radius 1 is 1.25 bits per heavy atom. The normalized spacial score (nSPS) is 16.3. The van der Waals surface area contributed by atoms with Crippen molar-refractivity contribution in [3.63, 3.8) is 0 Å². The number of para-hydroxylation sites is 1. The molecule has 1 aromatic carbocycles. The SMILES string of the molecule is COc1nc2ccccc2c(Cl)c1OC1CCOCC1. The Balaban J connectivity index is 2.01. The van der Waals surface area contributed by atoms with Crippen molar-refractivity contribution in [2.45, 2.75) is 18.9 Å². The van der Waals surface area contributed by atoms with Crippen LogP contribution in [0.25, 0.3) is 10.9 Å². The molecule has 0 unspecified atom stereocenters. The van der Waals surface area contributed by atoms with Gasteiger partial charge in [0.2, 0.25) is 5.75 Å². The van der Waals surface area contributed by atoms with Crippen molar-refractivity contribution in [3.8, 4) is 11.6 Å². The lowest BCUT2D eigenvalue weighted by atomic mass is 10.1. The summed E-state index contributed by atoms with van der Waals surface area (Å²) >= 11 is 6.47. The van der Waals surface area contributed by atoms with Gasteiger partial charge in [0.1, 0.15) is 6.10 Å². The number of aromatic nitrogens is 1. The van der Waals surface area contributed by atoms with Crippen LogP contribution in [-0.2, 0) is 4.74 Å². The van der Waals surface area contributed by atoms with E-state index in [4.69, 9.17) is 25.8 Å². The molecule has 2 aromatic rings. The maximum Gasteiger partial charge on any atom is 0.258 e. The number of fused-ring (bicyclic) bond motifs is 1. The standard InChI is InChI=1S/C15H16ClNO3/c1-18-15-14(20-10-6-8-19-9-7-10)13(16)11-4-2-3-5-12(11)17-15/h2-5,10H,6-9H2,1H3. The highest BCUT2D eigenvalue weighted by atomic mass is 35.5. The Hall–Kier alpha value is -1.52. The smallest absolute Gasteiger partial charge is 0.258 e. The molecule has 5 heteroatoms. The predicted octanol–water partition coefficient (Wildman–Crippen LogP) is 3.45. The van der Waals surface area contributed by atoms with Crippen LogP contribution in [0.5, 0.6) is 11.6 Å². The first-order valence-corrected chi connectivity index (χ1v) is 7.04. The van der Waals surface area contributed by atoms with Crippen molar-refractivity contribution in [2.24, 2.45) is 0 Å². The minimum atomic E-state index is 0.0955. The molecule has 1 aromatic heterocycles. The van der Waals surface area contributed by atoms with E-state index in [1.807, 2.05) is 24.3 Å². The molecular weight excluding hydrogens is 278 g/mol. The zero-order chi connectivity index (χ0) is 13.9. The number of halogens is 1. The minimum absolute atomic E-state index is 0.0955. The van der Waals surface area contributed by atoms with Crippen LogP contribution in [0.2, 0.25) is 5.02 Å². The zero-order valence-corrected chi connectivity index (χ0v) is 12.0. The Kier molecular flexibility index (Phi) is 3.94. The van der Waals surface area contributed by atoms with Gasteiger partial charge in [0.25, 0.3) is 5.88 Å². The van der Waals surface area contributed by atoms with Gasteiger partial charge in [-0.15, -0.1) is 0 Å². The number of rotatable bonds is 3. The number of pyridine rings is 1. The fourth-order valence-corrected chi connectivity index (χ4v) is 2.62. The molecule has 0 aliphatic carbocycles. The van der Waals surface area contributed by atoms with Gasteiger partial charge in [0.05, 0.1) is 30.9 Å². The molecule has 0 atom stereocenters. The summed E-state index contributed by atoms with van der Waals surface area (Å²) in [5.74, 6) is 0.958. The fourth-order valence-electron chi connectivity index (χ4n) is 2.33. The Morgan fingerprint density at radius 2 is 2.00 bits per heavy atom. The molecule has 0 saturated carbocycles. The molecular formula is C15H16ClNO3. The highest BCUT2D eigenvalue weighted by molar-refractivity contribution is 6.37. The van der Waals surface area contributed by atoms with Gasteiger partial charge < -0.3 is 14.2 Å². The summed E-state index contributed by atoms with van der Waals surface area (Å²) in [7, 11) is 1.57. The molecule has 1 aliphatic heterocycles. The molecule has 4 nitrogen and oxygen atoms in total. The first-order chi connectivity index (χ1) is 9.79. The quantitative estimate of drug-likeness (QED) is 0.869. The van der Waals surface area contributed by atoms with Crippen LogP contribution in [0.15, 0.2) is 24.3 Å². The first-order valence-electron chi connectivity index (χ1n) is 6.66. The number of ether oxygens (including phenoxy) is 3. The van der Waals surface area contributed by atoms with E-state index in [2.05, 4.69) is 4.98 Å². The van der Waals surface area contributed by atoms with Crippen molar-refractivity contribution in [1.29, 1.82) is 0 Å². The van der Waals surface area contributed by atoms with E-state index in [1.54, 1.807) is 7.11 Å². The number of methoxy groups -OCH3 is 1. The van der Waals surface area contributed by atoms with Crippen LogP contribution in [0.1, 0.15) is 12.8 Å². The average Bonchev–Trinajstić information content (AvgIpc) is 2.51. The monoisotopic (exact) mass is 293 g/mol. The number of nitrogens with zero attached hydrogens (tertiary/aromatic N) is 1. The third-order valence-electron chi connectivity index (χ3n) is 3.40. The van der Waals surface area contributed by atoms with E-state index in [9.17, 15) is 0 Å². The molecule has 3 rings (SSSR count). The van der Waals surface area contributed by atoms with Crippen LogP contribution in [-0.4, -0.2) is 31.4 Å². The fraction of sp³-hybridized carbons (Fsp3) is 0.400. The van der Waals surface area contributed by atoms with E-state index in [0.717, 1.165) is 23.7 Å². The molecule has 1 saturated heterocycles. The van der Waals surface area contributed by atoms with E-state index in [1.165, 1.54) is 0 Å². The average molecular weight is 294 g/mol. The summed E-state index contributed by atoms with van der Waals surface area (Å²) in [4.78, 5) is 4.46. The van der Waals surface area contributed by atoms with Crippen molar-refractivity contribution in [1.82, 2.24) is 4.98 Å². The highest BCUT2D eigenvalue weighted by Gasteiger charge is 2.21. The van der Waals surface area contributed by atoms with Crippen molar-refractivity contribution in [3.05, 3.63) is 29.3 Å². The number of benzene rings is 1. The number of hydrogen-bond donors (Lipinski definition) is 0. The van der Waals surface area contributed by atoms with Gasteiger partial charge in [-0.1, -0.05) is 29.8 Å². The summed E-state index contributed by atoms with van der Waals surface area (Å²) < 4.78 is 16.7. The lowest BCUT2D eigenvalue weighted by molar-refractivity contribution is 0.0244. The van der Waals surface area contributed by atoms with Crippen molar-refractivity contribution >= 4 is 22.5 Å². The molecule has 1 aliphatic rings. The second-order valence-electron chi connectivity index (χ2n) is 4.71. The third kappa shape index (κ3) is 2.53. The Morgan fingerprint density at radius 3 is 2.75 bits per heavy atom. The molecule has 20 heavy (non-hydrogen) atoms. The Bertz CT molecular complexity index is 611. The summed E-state index contributed by atoms with van der Waals surface area (Å²) in [6.45, 7) is 1.43. The Labute approximate surface area is 122 Å². The van der Waals surface area contributed by atoms with Crippen molar-refractivity contribution in [2.75, 3.05) is 20.3 Å². The van der Waals surface area contributed by atoms with Gasteiger partial charge in [-0.3, -0.25) is 0 Å². The summed E-state index contributed by atoms with van der Waals surface area (Å²) in [6, 6.07) is 7.69. The van der Waals surface area contributed by atoms with Gasteiger partial charge in [-0.2, -0.15) is 0 Å². The number of hydrogen-bond acceptors (Lipinski definition) is 4. The molecule has 2 heterocycles. The van der Waals surface area contributed by atoms with E-state index >= 15 is 0 Å². The van der Waals surface area contributed by atoms with Crippen LogP contribution in [0.3, 0.4) is 0 Å². The van der Waals surface area contributed by atoms with Crippen LogP contribution in [0, 0.1) is 0 Å². The van der Waals surface area contributed by atoms with Gasteiger partial charge in [-0.05, 0) is 6.07 Å². The van der Waals surface area contributed by atoms with Crippen molar-refractivity contribution < 1.29 is 14.2 Å². The van der Waals surface area contributed by atoms with Gasteiger partial charge in [0, 0.05) is 18.2 Å². The summed E-state index contributed by atoms with van der Waals surface area (Å²) in [6.07, 6.45) is 1.80. The summed E-state index contributed by atoms with van der Waals surface area (Å²) in [5, 5.41) is 1.43. The van der Waals surface area contributed by atoms with Crippen LogP contribution < -0.4 is 9.47 Å². The second kappa shape index (κ2) is 5.85. The molecule has 0 amide bonds. The van der Waals surface area contributed by atoms with Crippen LogP contribution >= 0.6 is 11.6 Å². The predicted molar refractivity (Wildman–Crippen MR) is 77.8 cm³/mol. The van der Waals surface area contributed by atoms with E-state index in [-0.39, 0.29) is 6.10 Å². The highest BCUT2D eigenvalue weighted by Crippen LogP contribution is 2.39. The lowest BCUT2D eigenvalue weighted by Crippen LogP contribution is -2.26. The maximum absolute atomic E-state index is 6.47. The molecule has 106 valence electrons. The largest absolute Gasteiger partial charge is 0.483 e. The first kappa shape index (κ1) is 13.5.